The highest BCUT2D eigenvalue weighted by Crippen LogP contribution is 2.28. The highest BCUT2D eigenvalue weighted by atomic mass is 79.9. The van der Waals surface area contributed by atoms with Gasteiger partial charge >= 0.3 is 0 Å². The van der Waals surface area contributed by atoms with Crippen LogP contribution < -0.4 is 20.3 Å². The van der Waals surface area contributed by atoms with E-state index in [1.165, 1.54) is 11.0 Å². The average Bonchev–Trinajstić information content (AvgIpc) is 2.83. The first kappa shape index (κ1) is 24.6. The molecule has 1 heterocycles. The summed E-state index contributed by atoms with van der Waals surface area (Å²) < 4.78 is 6.13. The van der Waals surface area contributed by atoms with Crippen LogP contribution >= 0.6 is 39.7 Å². The van der Waals surface area contributed by atoms with Crippen molar-refractivity contribution in [3.05, 3.63) is 93.4 Å². The molecule has 0 aromatic heterocycles. The van der Waals surface area contributed by atoms with E-state index in [4.69, 9.17) is 28.6 Å². The topological polar surface area (TPSA) is 87.7 Å². The summed E-state index contributed by atoms with van der Waals surface area (Å²) in [6.45, 7) is -0.241. The molecule has 0 radical (unpaired) electrons. The third-order valence-electron chi connectivity index (χ3n) is 4.89. The van der Waals surface area contributed by atoms with Crippen molar-refractivity contribution >= 4 is 80.0 Å². The van der Waals surface area contributed by atoms with Crippen LogP contribution in [0.4, 0.5) is 11.4 Å². The Morgan fingerprint density at radius 2 is 1.80 bits per heavy atom. The summed E-state index contributed by atoms with van der Waals surface area (Å²) in [6.07, 6.45) is 1.47. The van der Waals surface area contributed by atoms with E-state index in [-0.39, 0.29) is 23.2 Å². The van der Waals surface area contributed by atoms with E-state index in [0.29, 0.717) is 32.2 Å². The minimum absolute atomic E-state index is 0.0170. The second-order valence-electron chi connectivity index (χ2n) is 7.30. The fourth-order valence-electron chi connectivity index (χ4n) is 3.25. The quantitative estimate of drug-likeness (QED) is 0.249. The molecule has 1 aliphatic rings. The predicted molar refractivity (Wildman–Crippen MR) is 142 cm³/mol. The number of ether oxygens (including phenoxy) is 1. The number of carbonyl (C=O) groups is 3. The largest absolute Gasteiger partial charge is 0.483 e. The number of thiocarbonyl (C=S) groups is 1. The van der Waals surface area contributed by atoms with Gasteiger partial charge in [0.05, 0.1) is 20.9 Å². The van der Waals surface area contributed by atoms with Crippen LogP contribution in [0, 0.1) is 0 Å². The Kier molecular flexibility index (Phi) is 7.60. The van der Waals surface area contributed by atoms with Crippen LogP contribution in [0.3, 0.4) is 0 Å². The zero-order chi connectivity index (χ0) is 24.9. The third kappa shape index (κ3) is 5.76. The minimum Gasteiger partial charge on any atom is -0.483 e. The van der Waals surface area contributed by atoms with Gasteiger partial charge in [0.2, 0.25) is 0 Å². The van der Waals surface area contributed by atoms with Crippen molar-refractivity contribution in [3.8, 4) is 5.75 Å². The monoisotopic (exact) mass is 569 g/mol. The molecule has 3 aromatic rings. The number of carbonyl (C=O) groups excluding carboxylic acids is 3. The number of benzene rings is 3. The summed E-state index contributed by atoms with van der Waals surface area (Å²) in [4.78, 5) is 39.0. The Labute approximate surface area is 219 Å². The fourth-order valence-corrected chi connectivity index (χ4v) is 4.23. The Balaban J connectivity index is 1.47. The summed E-state index contributed by atoms with van der Waals surface area (Å²) in [5.41, 5.74) is 1.54. The van der Waals surface area contributed by atoms with Crippen molar-refractivity contribution < 1.29 is 19.1 Å². The zero-order valence-corrected chi connectivity index (χ0v) is 21.1. The first-order valence-corrected chi connectivity index (χ1v) is 11.8. The molecule has 2 N–H and O–H groups in total. The lowest BCUT2D eigenvalue weighted by Crippen LogP contribution is -2.54. The van der Waals surface area contributed by atoms with Crippen molar-refractivity contribution in [2.24, 2.45) is 0 Å². The van der Waals surface area contributed by atoms with Gasteiger partial charge in [-0.15, -0.1) is 0 Å². The lowest BCUT2D eigenvalue weighted by atomic mass is 10.1. The highest BCUT2D eigenvalue weighted by Gasteiger charge is 2.34. The maximum atomic E-state index is 13.1. The van der Waals surface area contributed by atoms with Crippen LogP contribution in [0.15, 0.2) is 82.8 Å². The smallest absolute Gasteiger partial charge is 0.270 e. The molecule has 176 valence electrons. The molecule has 3 aromatic carbocycles. The van der Waals surface area contributed by atoms with Crippen molar-refractivity contribution in [2.75, 3.05) is 16.8 Å². The molecule has 1 saturated heterocycles. The van der Waals surface area contributed by atoms with Crippen LogP contribution in [0.5, 0.6) is 5.75 Å². The molecule has 1 aliphatic heterocycles. The summed E-state index contributed by atoms with van der Waals surface area (Å²) in [5, 5.41) is 5.67. The molecule has 0 unspecified atom stereocenters. The molecule has 0 atom stereocenters. The molecule has 3 amide bonds. The number of amides is 3. The van der Waals surface area contributed by atoms with Gasteiger partial charge < -0.3 is 10.1 Å². The fraction of sp³-hybridized carbons (Fsp3) is 0.0400. The number of nitrogens with zero attached hydrogens (tertiary/aromatic N) is 1. The number of rotatable bonds is 6. The Bertz CT molecular complexity index is 1360. The number of halogens is 2. The lowest BCUT2D eigenvalue weighted by Gasteiger charge is -2.28. The predicted octanol–water partition coefficient (Wildman–Crippen LogP) is 4.95. The van der Waals surface area contributed by atoms with Crippen LogP contribution in [0.1, 0.15) is 5.56 Å². The van der Waals surface area contributed by atoms with Gasteiger partial charge in [-0.25, -0.2) is 0 Å². The SMILES string of the molecule is O=C(COc1ccc(/C=C2/C(=O)NC(=S)N(c3ccccc3)C2=O)cc1Br)Nc1ccccc1Cl. The molecule has 7 nitrogen and oxygen atoms in total. The number of nitrogens with one attached hydrogen (secondary N) is 2. The molecule has 0 aliphatic carbocycles. The maximum Gasteiger partial charge on any atom is 0.270 e. The lowest BCUT2D eigenvalue weighted by molar-refractivity contribution is -0.122. The summed E-state index contributed by atoms with van der Waals surface area (Å²) in [6, 6.07) is 20.7. The van der Waals surface area contributed by atoms with Crippen LogP contribution in [0.25, 0.3) is 6.08 Å². The Morgan fingerprint density at radius 1 is 1.09 bits per heavy atom. The van der Waals surface area contributed by atoms with Gasteiger partial charge in [-0.1, -0.05) is 48.0 Å². The summed E-state index contributed by atoms with van der Waals surface area (Å²) in [5.74, 6) is -1.08. The van der Waals surface area contributed by atoms with Crippen molar-refractivity contribution in [2.45, 2.75) is 0 Å². The Morgan fingerprint density at radius 3 is 2.51 bits per heavy atom. The van der Waals surface area contributed by atoms with Gasteiger partial charge in [0, 0.05) is 0 Å². The maximum absolute atomic E-state index is 13.1. The van der Waals surface area contributed by atoms with E-state index in [2.05, 4.69) is 26.6 Å². The molecular formula is C25H17BrClN3O4S. The van der Waals surface area contributed by atoms with Gasteiger partial charge in [0.1, 0.15) is 11.3 Å². The van der Waals surface area contributed by atoms with E-state index < -0.39 is 11.8 Å². The number of hydrogen-bond donors (Lipinski definition) is 2. The van der Waals surface area contributed by atoms with Gasteiger partial charge in [-0.3, -0.25) is 24.6 Å². The van der Waals surface area contributed by atoms with Crippen LogP contribution in [-0.4, -0.2) is 29.4 Å². The first-order valence-electron chi connectivity index (χ1n) is 10.3. The Hall–Kier alpha value is -3.53. The first-order chi connectivity index (χ1) is 16.8. The van der Waals surface area contributed by atoms with E-state index >= 15 is 0 Å². The second-order valence-corrected chi connectivity index (χ2v) is 8.95. The van der Waals surface area contributed by atoms with Gasteiger partial charge in [0.15, 0.2) is 11.7 Å². The van der Waals surface area contributed by atoms with Gasteiger partial charge in [-0.05, 0) is 76.2 Å². The molecule has 10 heteroatoms. The minimum atomic E-state index is -0.583. The third-order valence-corrected chi connectivity index (χ3v) is 6.12. The molecule has 35 heavy (non-hydrogen) atoms. The van der Waals surface area contributed by atoms with E-state index in [1.807, 2.05) is 6.07 Å². The highest BCUT2D eigenvalue weighted by molar-refractivity contribution is 9.10. The number of para-hydroxylation sites is 2. The standard InChI is InChI=1S/C25H17BrClN3O4S/c26-18-13-15(10-11-21(18)34-14-22(31)28-20-9-5-4-8-19(20)27)12-17-23(32)29-25(35)30(24(17)33)16-6-2-1-3-7-16/h1-13H,14H2,(H,28,31)(H,29,32,35)/b17-12-. The van der Waals surface area contributed by atoms with Crippen LogP contribution in [-0.2, 0) is 14.4 Å². The van der Waals surface area contributed by atoms with E-state index in [0.717, 1.165) is 0 Å². The molecule has 4 rings (SSSR count). The van der Waals surface area contributed by atoms with Crippen molar-refractivity contribution in [3.63, 3.8) is 0 Å². The van der Waals surface area contributed by atoms with Gasteiger partial charge in [-0.2, -0.15) is 0 Å². The van der Waals surface area contributed by atoms with Crippen LogP contribution in [0.2, 0.25) is 5.02 Å². The number of hydrogen-bond acceptors (Lipinski definition) is 5. The summed E-state index contributed by atoms with van der Waals surface area (Å²) >= 11 is 14.7. The van der Waals surface area contributed by atoms with E-state index in [9.17, 15) is 14.4 Å². The second kappa shape index (κ2) is 10.8. The van der Waals surface area contributed by atoms with Crippen molar-refractivity contribution in [1.82, 2.24) is 5.32 Å². The normalized spacial score (nSPS) is 14.6. The number of anilines is 2. The molecule has 0 spiro atoms. The summed E-state index contributed by atoms with van der Waals surface area (Å²) in [7, 11) is 0. The molecule has 0 saturated carbocycles. The molecule has 1 fully saturated rings. The molecule has 0 bridgehead atoms. The van der Waals surface area contributed by atoms with E-state index in [1.54, 1.807) is 66.7 Å². The molecular weight excluding hydrogens is 554 g/mol. The zero-order valence-electron chi connectivity index (χ0n) is 18.0. The van der Waals surface area contributed by atoms with Crippen molar-refractivity contribution in [1.29, 1.82) is 0 Å². The van der Waals surface area contributed by atoms with Gasteiger partial charge in [0.25, 0.3) is 17.7 Å². The average molecular weight is 571 g/mol.